The fourth-order valence-corrected chi connectivity index (χ4v) is 2.69. The van der Waals surface area contributed by atoms with Crippen LogP contribution in [0.4, 0.5) is 0 Å². The Morgan fingerprint density at radius 3 is 1.09 bits per heavy atom. The molecule has 2 rings (SSSR count). The van der Waals surface area contributed by atoms with E-state index in [0.717, 1.165) is 17.8 Å². The highest BCUT2D eigenvalue weighted by atomic mass is 14.3. The molecule has 0 aromatic carbocycles. The van der Waals surface area contributed by atoms with Crippen LogP contribution in [0.1, 0.15) is 132 Å². The van der Waals surface area contributed by atoms with Crippen molar-refractivity contribution in [2.75, 3.05) is 0 Å². The van der Waals surface area contributed by atoms with E-state index in [9.17, 15) is 0 Å². The highest BCUT2D eigenvalue weighted by Crippen LogP contribution is 2.30. The van der Waals surface area contributed by atoms with E-state index in [4.69, 9.17) is 0 Å². The number of hydrogen-bond donors (Lipinski definition) is 0. The minimum atomic E-state index is 0.867. The second kappa shape index (κ2) is 20.0. The van der Waals surface area contributed by atoms with Gasteiger partial charge in [0.1, 0.15) is 0 Å². The molecule has 2 aliphatic rings. The fraction of sp³-hybridized carbons (Fsp3) is 1.00. The molecule has 0 bridgehead atoms. The zero-order valence-corrected chi connectivity index (χ0v) is 17.9. The van der Waals surface area contributed by atoms with Crippen LogP contribution >= 0.6 is 0 Å². The third kappa shape index (κ3) is 20.0. The van der Waals surface area contributed by atoms with Gasteiger partial charge in [0.2, 0.25) is 0 Å². The average molecular weight is 327 g/mol. The summed E-state index contributed by atoms with van der Waals surface area (Å²) >= 11 is 0. The molecule has 2 saturated carbocycles. The van der Waals surface area contributed by atoms with Gasteiger partial charge in [0.05, 0.1) is 0 Å². The van der Waals surface area contributed by atoms with Crippen LogP contribution in [0.3, 0.4) is 0 Å². The monoisotopic (exact) mass is 326 g/mol. The van der Waals surface area contributed by atoms with E-state index in [2.05, 4.69) is 48.5 Å². The number of hydrogen-bond acceptors (Lipinski definition) is 0. The molecule has 23 heavy (non-hydrogen) atoms. The lowest BCUT2D eigenvalue weighted by Gasteiger charge is -2.28. The van der Waals surface area contributed by atoms with Gasteiger partial charge in [-0.25, -0.2) is 0 Å². The van der Waals surface area contributed by atoms with Gasteiger partial charge in [-0.3, -0.25) is 0 Å². The van der Waals surface area contributed by atoms with Gasteiger partial charge in [-0.15, -0.1) is 0 Å². The van der Waals surface area contributed by atoms with E-state index in [0.29, 0.717) is 0 Å². The third-order valence-electron chi connectivity index (χ3n) is 4.97. The van der Waals surface area contributed by atoms with Crippen LogP contribution in [0.2, 0.25) is 0 Å². The van der Waals surface area contributed by atoms with E-state index in [1.54, 1.807) is 0 Å². The quantitative estimate of drug-likeness (QED) is 0.437. The summed E-state index contributed by atoms with van der Waals surface area (Å²) in [5, 5.41) is 0. The Kier molecular flexibility index (Phi) is 22.0. The Hall–Kier alpha value is 0. The Bertz CT molecular complexity index is 179. The molecule has 0 saturated heterocycles. The fourth-order valence-electron chi connectivity index (χ4n) is 2.69. The Morgan fingerprint density at radius 2 is 0.957 bits per heavy atom. The summed E-state index contributed by atoms with van der Waals surface area (Å²) in [5.74, 6) is 2.79. The molecule has 2 atom stereocenters. The lowest BCUT2D eigenvalue weighted by Crippen LogP contribution is -2.18. The normalized spacial score (nSPS) is 17.2. The highest BCUT2D eigenvalue weighted by Gasteiger charge is 2.20. The molecule has 0 heterocycles. The molecule has 0 aromatic heterocycles. The summed E-state index contributed by atoms with van der Waals surface area (Å²) in [6.07, 6.45) is 18.6. The van der Waals surface area contributed by atoms with Crippen molar-refractivity contribution in [3.8, 4) is 0 Å². The first-order chi connectivity index (χ1) is 11.1. The Balaban J connectivity index is 0. The second-order valence-electron chi connectivity index (χ2n) is 7.75. The van der Waals surface area contributed by atoms with Gasteiger partial charge in [0.15, 0.2) is 0 Å². The molecular formula is C23H50. The van der Waals surface area contributed by atoms with Crippen LogP contribution in [0, 0.1) is 17.8 Å². The Morgan fingerprint density at radius 1 is 0.565 bits per heavy atom. The predicted octanol–water partition coefficient (Wildman–Crippen LogP) is 9.03. The predicted molar refractivity (Wildman–Crippen MR) is 110 cm³/mol. The largest absolute Gasteiger partial charge is 0.0654 e. The first-order valence-electron chi connectivity index (χ1n) is 11.1. The molecule has 142 valence electrons. The molecule has 2 fully saturated rings. The van der Waals surface area contributed by atoms with Crippen LogP contribution in [-0.2, 0) is 0 Å². The SMILES string of the molecule is C1CC1.C1CCC1.CCCC.CCCC(CC)C(CC)C(C)C. The van der Waals surface area contributed by atoms with Crippen molar-refractivity contribution in [3.63, 3.8) is 0 Å². The maximum Gasteiger partial charge on any atom is -0.0365 e. The summed E-state index contributed by atoms with van der Waals surface area (Å²) in [4.78, 5) is 0. The molecule has 0 aliphatic heterocycles. The first-order valence-corrected chi connectivity index (χ1v) is 11.1. The van der Waals surface area contributed by atoms with Crippen molar-refractivity contribution in [2.45, 2.75) is 132 Å². The zero-order chi connectivity index (χ0) is 17.9. The minimum Gasteiger partial charge on any atom is -0.0654 e. The number of rotatable bonds is 7. The topological polar surface area (TPSA) is 0 Å². The van der Waals surface area contributed by atoms with Crippen molar-refractivity contribution < 1.29 is 0 Å². The molecule has 0 amide bonds. The van der Waals surface area contributed by atoms with E-state index < -0.39 is 0 Å². The maximum atomic E-state index is 2.37. The van der Waals surface area contributed by atoms with E-state index >= 15 is 0 Å². The van der Waals surface area contributed by atoms with Crippen LogP contribution in [-0.4, -0.2) is 0 Å². The Labute approximate surface area is 150 Å². The van der Waals surface area contributed by atoms with E-state index in [-0.39, 0.29) is 0 Å². The summed E-state index contributed by atoms with van der Waals surface area (Å²) in [6.45, 7) is 16.1. The van der Waals surface area contributed by atoms with E-state index in [1.807, 2.05) is 0 Å². The molecule has 0 nitrogen and oxygen atoms in total. The standard InChI is InChI=1S/C12H26.C4H8.C4H10.C3H6/c1-6-9-11(7-2)12(8-3)10(4)5;1-2-4-3-1;1-3-4-2;1-2-3-1/h10-12H,6-9H2,1-5H3;1-4H2;3-4H2,1-2H3;1-3H2. The molecule has 0 spiro atoms. The lowest BCUT2D eigenvalue weighted by atomic mass is 9.78. The van der Waals surface area contributed by atoms with Crippen LogP contribution in [0.5, 0.6) is 0 Å². The first kappa shape index (κ1) is 25.2. The summed E-state index contributed by atoms with van der Waals surface area (Å²) in [7, 11) is 0. The molecule has 2 unspecified atom stereocenters. The van der Waals surface area contributed by atoms with Gasteiger partial charge in [-0.1, -0.05) is 132 Å². The van der Waals surface area contributed by atoms with Gasteiger partial charge >= 0.3 is 0 Å². The van der Waals surface area contributed by atoms with E-state index in [1.165, 1.54) is 83.5 Å². The van der Waals surface area contributed by atoms with Gasteiger partial charge in [0, 0.05) is 0 Å². The molecule has 0 aromatic rings. The average Bonchev–Trinajstić information content (AvgIpc) is 3.33. The van der Waals surface area contributed by atoms with Gasteiger partial charge in [-0.2, -0.15) is 0 Å². The third-order valence-corrected chi connectivity index (χ3v) is 4.97. The maximum absolute atomic E-state index is 2.37. The van der Waals surface area contributed by atoms with Gasteiger partial charge < -0.3 is 0 Å². The van der Waals surface area contributed by atoms with Gasteiger partial charge in [-0.05, 0) is 17.8 Å². The smallest absolute Gasteiger partial charge is 0.0365 e. The van der Waals surface area contributed by atoms with Crippen molar-refractivity contribution >= 4 is 0 Å². The molecule has 0 heteroatoms. The van der Waals surface area contributed by atoms with Crippen molar-refractivity contribution in [1.29, 1.82) is 0 Å². The van der Waals surface area contributed by atoms with Crippen molar-refractivity contribution in [3.05, 3.63) is 0 Å². The van der Waals surface area contributed by atoms with Crippen LogP contribution in [0.15, 0.2) is 0 Å². The molecular weight excluding hydrogens is 276 g/mol. The van der Waals surface area contributed by atoms with Crippen LogP contribution < -0.4 is 0 Å². The minimum absolute atomic E-state index is 0.867. The zero-order valence-electron chi connectivity index (χ0n) is 17.9. The van der Waals surface area contributed by atoms with Crippen molar-refractivity contribution in [1.82, 2.24) is 0 Å². The second-order valence-corrected chi connectivity index (χ2v) is 7.75. The number of unbranched alkanes of at least 4 members (excludes halogenated alkanes) is 1. The van der Waals surface area contributed by atoms with Gasteiger partial charge in [0.25, 0.3) is 0 Å². The summed E-state index contributed by atoms with van der Waals surface area (Å²) < 4.78 is 0. The summed E-state index contributed by atoms with van der Waals surface area (Å²) in [6, 6.07) is 0. The van der Waals surface area contributed by atoms with Crippen LogP contribution in [0.25, 0.3) is 0 Å². The highest BCUT2D eigenvalue weighted by molar-refractivity contribution is 4.70. The molecule has 2 aliphatic carbocycles. The molecule has 0 radical (unpaired) electrons. The van der Waals surface area contributed by atoms with Crippen molar-refractivity contribution in [2.24, 2.45) is 17.8 Å². The lowest BCUT2D eigenvalue weighted by molar-refractivity contribution is 0.224. The summed E-state index contributed by atoms with van der Waals surface area (Å²) in [5.41, 5.74) is 0. The molecule has 0 N–H and O–H groups in total.